The van der Waals surface area contributed by atoms with Crippen LogP contribution in [0.25, 0.3) is 6.08 Å². The maximum Gasteiger partial charge on any atom is 0.248 e. The number of aryl methyl sites for hydroxylation is 2. The van der Waals surface area contributed by atoms with Crippen molar-refractivity contribution in [1.29, 1.82) is 0 Å². The molecule has 110 valence electrons. The van der Waals surface area contributed by atoms with E-state index < -0.39 is 17.5 Å². The average Bonchev–Trinajstić information content (AvgIpc) is 2.66. The zero-order chi connectivity index (χ0) is 15.6. The lowest BCUT2D eigenvalue weighted by Gasteiger charge is -2.03. The molecule has 1 amide bonds. The van der Waals surface area contributed by atoms with Crippen molar-refractivity contribution in [2.24, 2.45) is 7.05 Å². The number of nitrogens with one attached hydrogen (secondary N) is 1. The van der Waals surface area contributed by atoms with Crippen LogP contribution in [0.15, 0.2) is 24.3 Å². The quantitative estimate of drug-likeness (QED) is 0.884. The van der Waals surface area contributed by atoms with E-state index in [0.29, 0.717) is 0 Å². The highest BCUT2D eigenvalue weighted by molar-refractivity contribution is 6.02. The lowest BCUT2D eigenvalue weighted by Crippen LogP contribution is -2.09. The molecule has 0 radical (unpaired) electrons. The molecule has 6 heteroatoms. The number of carbonyl (C=O) groups is 1. The summed E-state index contributed by atoms with van der Waals surface area (Å²) in [5, 5.41) is 6.52. The number of anilines is 1. The van der Waals surface area contributed by atoms with E-state index in [1.807, 2.05) is 20.9 Å². The molecule has 21 heavy (non-hydrogen) atoms. The monoisotopic (exact) mass is 291 g/mol. The van der Waals surface area contributed by atoms with Gasteiger partial charge in [-0.2, -0.15) is 5.10 Å². The van der Waals surface area contributed by atoms with E-state index in [1.165, 1.54) is 6.08 Å². The van der Waals surface area contributed by atoms with E-state index in [4.69, 9.17) is 0 Å². The predicted octanol–water partition coefficient (Wildman–Crippen LogP) is 2.97. The molecule has 0 bridgehead atoms. The molecule has 1 aromatic heterocycles. The third-order valence-corrected chi connectivity index (χ3v) is 3.15. The molecule has 0 aliphatic carbocycles. The summed E-state index contributed by atoms with van der Waals surface area (Å²) in [5.41, 5.74) is 2.33. The van der Waals surface area contributed by atoms with Gasteiger partial charge in [0, 0.05) is 30.4 Å². The second-order valence-corrected chi connectivity index (χ2v) is 4.65. The molecule has 1 N–H and O–H groups in total. The Morgan fingerprint density at radius 2 is 2.05 bits per heavy atom. The van der Waals surface area contributed by atoms with Gasteiger partial charge in [0.15, 0.2) is 0 Å². The smallest absolute Gasteiger partial charge is 0.248 e. The van der Waals surface area contributed by atoms with Crippen LogP contribution in [0.1, 0.15) is 17.0 Å². The van der Waals surface area contributed by atoms with E-state index in [2.05, 4.69) is 10.4 Å². The average molecular weight is 291 g/mol. The zero-order valence-corrected chi connectivity index (χ0v) is 11.9. The van der Waals surface area contributed by atoms with Crippen molar-refractivity contribution in [2.75, 3.05) is 5.32 Å². The largest absolute Gasteiger partial charge is 0.320 e. The van der Waals surface area contributed by atoms with Gasteiger partial charge in [-0.1, -0.05) is 0 Å². The molecule has 0 atom stereocenters. The third-order valence-electron chi connectivity index (χ3n) is 3.15. The maximum absolute atomic E-state index is 13.4. The van der Waals surface area contributed by atoms with Crippen molar-refractivity contribution in [1.82, 2.24) is 9.78 Å². The lowest BCUT2D eigenvalue weighted by atomic mass is 10.2. The molecule has 0 aliphatic rings. The van der Waals surface area contributed by atoms with Gasteiger partial charge < -0.3 is 5.32 Å². The first kappa shape index (κ1) is 14.9. The van der Waals surface area contributed by atoms with Crippen LogP contribution in [0.3, 0.4) is 0 Å². The van der Waals surface area contributed by atoms with Crippen LogP contribution in [0.2, 0.25) is 0 Å². The number of hydrogen-bond donors (Lipinski definition) is 1. The van der Waals surface area contributed by atoms with Crippen molar-refractivity contribution >= 4 is 17.7 Å². The molecule has 0 spiro atoms. The fraction of sp³-hybridized carbons (Fsp3) is 0.200. The first-order chi connectivity index (χ1) is 9.88. The lowest BCUT2D eigenvalue weighted by molar-refractivity contribution is -0.111. The Kier molecular flexibility index (Phi) is 4.16. The molecular formula is C15H15F2N3O. The SMILES string of the molecule is Cc1nn(C)c(C)c1/C=C/C(=O)Nc1cc(F)ccc1F. The summed E-state index contributed by atoms with van der Waals surface area (Å²) in [6, 6.07) is 2.88. The minimum absolute atomic E-state index is 0.190. The summed E-state index contributed by atoms with van der Waals surface area (Å²) in [4.78, 5) is 11.8. The normalized spacial score (nSPS) is 11.1. The molecule has 0 fully saturated rings. The van der Waals surface area contributed by atoms with Crippen LogP contribution in [0, 0.1) is 25.5 Å². The van der Waals surface area contributed by atoms with Crippen LogP contribution in [-0.4, -0.2) is 15.7 Å². The van der Waals surface area contributed by atoms with Crippen molar-refractivity contribution in [3.8, 4) is 0 Å². The van der Waals surface area contributed by atoms with Crippen LogP contribution in [0.4, 0.5) is 14.5 Å². The number of halogens is 2. The molecule has 2 aromatic rings. The highest BCUT2D eigenvalue weighted by Gasteiger charge is 2.08. The van der Waals surface area contributed by atoms with Crippen molar-refractivity contribution in [3.63, 3.8) is 0 Å². The fourth-order valence-electron chi connectivity index (χ4n) is 1.96. The summed E-state index contributed by atoms with van der Waals surface area (Å²) in [7, 11) is 1.81. The van der Waals surface area contributed by atoms with Gasteiger partial charge in [0.05, 0.1) is 11.4 Å². The molecule has 1 heterocycles. The summed E-state index contributed by atoms with van der Waals surface area (Å²) in [6.45, 7) is 3.71. The van der Waals surface area contributed by atoms with Crippen LogP contribution < -0.4 is 5.32 Å². The molecule has 4 nitrogen and oxygen atoms in total. The van der Waals surface area contributed by atoms with E-state index >= 15 is 0 Å². The zero-order valence-electron chi connectivity index (χ0n) is 11.9. The van der Waals surface area contributed by atoms with Gasteiger partial charge in [-0.3, -0.25) is 9.48 Å². The van der Waals surface area contributed by atoms with Gasteiger partial charge in [-0.15, -0.1) is 0 Å². The van der Waals surface area contributed by atoms with Crippen LogP contribution >= 0.6 is 0 Å². The van der Waals surface area contributed by atoms with Crippen molar-refractivity contribution < 1.29 is 13.6 Å². The number of amides is 1. The first-order valence-corrected chi connectivity index (χ1v) is 6.33. The van der Waals surface area contributed by atoms with E-state index in [0.717, 1.165) is 35.2 Å². The van der Waals surface area contributed by atoms with Gasteiger partial charge in [0.2, 0.25) is 5.91 Å². The Morgan fingerprint density at radius 3 is 2.67 bits per heavy atom. The van der Waals surface area contributed by atoms with Crippen molar-refractivity contribution in [3.05, 3.63) is 52.9 Å². The molecule has 2 rings (SSSR count). The van der Waals surface area contributed by atoms with Crippen LogP contribution in [0.5, 0.6) is 0 Å². The topological polar surface area (TPSA) is 46.9 Å². The Bertz CT molecular complexity index is 720. The predicted molar refractivity (Wildman–Crippen MR) is 76.7 cm³/mol. The minimum atomic E-state index is -0.688. The van der Waals surface area contributed by atoms with Crippen molar-refractivity contribution in [2.45, 2.75) is 13.8 Å². The van der Waals surface area contributed by atoms with Gasteiger partial charge >= 0.3 is 0 Å². The highest BCUT2D eigenvalue weighted by Crippen LogP contribution is 2.16. The standard InChI is InChI=1S/C15H15F2N3O/c1-9-12(10(2)20(3)19-9)5-7-15(21)18-14-8-11(16)4-6-13(14)17/h4-8H,1-3H3,(H,18,21)/b7-5+. The van der Waals surface area contributed by atoms with Crippen LogP contribution in [-0.2, 0) is 11.8 Å². The van der Waals surface area contributed by atoms with E-state index in [1.54, 1.807) is 10.8 Å². The Labute approximate surface area is 121 Å². The maximum atomic E-state index is 13.4. The highest BCUT2D eigenvalue weighted by atomic mass is 19.1. The van der Waals surface area contributed by atoms with Gasteiger partial charge in [-0.25, -0.2) is 8.78 Å². The number of rotatable bonds is 3. The summed E-state index contributed by atoms with van der Waals surface area (Å²) >= 11 is 0. The molecular weight excluding hydrogens is 276 g/mol. The minimum Gasteiger partial charge on any atom is -0.320 e. The Hall–Kier alpha value is -2.50. The number of benzene rings is 1. The molecule has 0 aliphatic heterocycles. The Morgan fingerprint density at radius 1 is 1.33 bits per heavy atom. The molecule has 0 saturated carbocycles. The molecule has 0 saturated heterocycles. The summed E-state index contributed by atoms with van der Waals surface area (Å²) < 4.78 is 28.1. The van der Waals surface area contributed by atoms with E-state index in [-0.39, 0.29) is 5.69 Å². The summed E-state index contributed by atoms with van der Waals surface area (Å²) in [5.74, 6) is -1.84. The Balaban J connectivity index is 2.15. The molecule has 0 unspecified atom stereocenters. The van der Waals surface area contributed by atoms with Gasteiger partial charge in [0.25, 0.3) is 0 Å². The second-order valence-electron chi connectivity index (χ2n) is 4.65. The fourth-order valence-corrected chi connectivity index (χ4v) is 1.96. The first-order valence-electron chi connectivity index (χ1n) is 6.33. The van der Waals surface area contributed by atoms with Gasteiger partial charge in [0.1, 0.15) is 11.6 Å². The number of hydrogen-bond acceptors (Lipinski definition) is 2. The van der Waals surface area contributed by atoms with E-state index in [9.17, 15) is 13.6 Å². The molecule has 1 aromatic carbocycles. The third kappa shape index (κ3) is 3.34. The number of aromatic nitrogens is 2. The number of carbonyl (C=O) groups excluding carboxylic acids is 1. The van der Waals surface area contributed by atoms with Gasteiger partial charge in [-0.05, 0) is 32.1 Å². The second kappa shape index (κ2) is 5.87. The number of nitrogens with zero attached hydrogens (tertiary/aromatic N) is 2. The summed E-state index contributed by atoms with van der Waals surface area (Å²) in [6.07, 6.45) is 2.87.